The van der Waals surface area contributed by atoms with Crippen molar-refractivity contribution in [2.75, 3.05) is 0 Å². The first-order valence-electron chi connectivity index (χ1n) is 5.49. The number of hydrazine groups is 1. The van der Waals surface area contributed by atoms with Crippen LogP contribution in [0.15, 0.2) is 60.7 Å². The molecule has 17 heavy (non-hydrogen) atoms. The van der Waals surface area contributed by atoms with Crippen molar-refractivity contribution in [1.82, 2.24) is 10.9 Å². The fourth-order valence-corrected chi connectivity index (χ4v) is 1.52. The molecule has 2 rings (SSSR count). The summed E-state index contributed by atoms with van der Waals surface area (Å²) in [5.74, 6) is 0. The van der Waals surface area contributed by atoms with Crippen LogP contribution in [0.4, 0.5) is 0 Å². The molecule has 0 saturated carbocycles. The minimum absolute atomic E-state index is 0. The fourth-order valence-electron chi connectivity index (χ4n) is 1.52. The van der Waals surface area contributed by atoms with Gasteiger partial charge in [0.2, 0.25) is 0 Å². The second kappa shape index (κ2) is 7.60. The van der Waals surface area contributed by atoms with E-state index in [9.17, 15) is 0 Å². The third kappa shape index (κ3) is 4.81. The standard InChI is InChI=1S/C14H16N2.CH4/c1-3-7-13(8-4-1)11-15-16-12-14-9-5-2-6-10-14;/h1-10,15-16H,11-12H2;1H4. The Labute approximate surface area is 104 Å². The van der Waals surface area contributed by atoms with Crippen LogP contribution in [0, 0.1) is 0 Å². The summed E-state index contributed by atoms with van der Waals surface area (Å²) in [5, 5.41) is 0. The lowest BCUT2D eigenvalue weighted by molar-refractivity contribution is 0.529. The van der Waals surface area contributed by atoms with E-state index in [1.54, 1.807) is 0 Å². The Kier molecular flexibility index (Phi) is 6.00. The number of nitrogens with one attached hydrogen (secondary N) is 2. The highest BCUT2D eigenvalue weighted by Crippen LogP contribution is 1.98. The lowest BCUT2D eigenvalue weighted by Gasteiger charge is -2.06. The average Bonchev–Trinajstić information content (AvgIpc) is 2.37. The Morgan fingerprint density at radius 1 is 0.588 bits per heavy atom. The van der Waals surface area contributed by atoms with Gasteiger partial charge in [0.1, 0.15) is 0 Å². The molecule has 0 aliphatic heterocycles. The van der Waals surface area contributed by atoms with Gasteiger partial charge in [0.05, 0.1) is 0 Å². The molecule has 2 aromatic rings. The van der Waals surface area contributed by atoms with Crippen molar-refractivity contribution < 1.29 is 0 Å². The van der Waals surface area contributed by atoms with Gasteiger partial charge in [-0.1, -0.05) is 68.1 Å². The third-order valence-electron chi connectivity index (χ3n) is 2.40. The van der Waals surface area contributed by atoms with E-state index in [-0.39, 0.29) is 7.43 Å². The average molecular weight is 228 g/mol. The van der Waals surface area contributed by atoms with E-state index < -0.39 is 0 Å². The minimum Gasteiger partial charge on any atom is -0.253 e. The van der Waals surface area contributed by atoms with Crippen molar-refractivity contribution in [3.05, 3.63) is 71.8 Å². The molecule has 0 bridgehead atoms. The minimum atomic E-state index is 0. The lowest BCUT2D eigenvalue weighted by atomic mass is 10.2. The lowest BCUT2D eigenvalue weighted by Crippen LogP contribution is -2.30. The molecule has 0 aliphatic carbocycles. The molecular weight excluding hydrogens is 208 g/mol. The summed E-state index contributed by atoms with van der Waals surface area (Å²) in [5.41, 5.74) is 8.96. The summed E-state index contributed by atoms with van der Waals surface area (Å²) in [7, 11) is 0. The molecule has 0 spiro atoms. The van der Waals surface area contributed by atoms with Gasteiger partial charge < -0.3 is 0 Å². The summed E-state index contributed by atoms with van der Waals surface area (Å²) in [6.45, 7) is 1.68. The maximum Gasteiger partial charge on any atom is 0.0351 e. The molecule has 2 heteroatoms. The molecule has 0 fully saturated rings. The number of benzene rings is 2. The summed E-state index contributed by atoms with van der Waals surface area (Å²) in [6.07, 6.45) is 0. The van der Waals surface area contributed by atoms with Gasteiger partial charge in [-0.05, 0) is 11.1 Å². The maximum atomic E-state index is 3.20. The zero-order valence-corrected chi connectivity index (χ0v) is 9.19. The van der Waals surface area contributed by atoms with Crippen LogP contribution in [0.25, 0.3) is 0 Å². The zero-order chi connectivity index (χ0) is 11.1. The van der Waals surface area contributed by atoms with Crippen LogP contribution in [0.3, 0.4) is 0 Å². The molecule has 0 radical (unpaired) electrons. The summed E-state index contributed by atoms with van der Waals surface area (Å²) >= 11 is 0. The molecular formula is C15H20N2. The van der Waals surface area contributed by atoms with Gasteiger partial charge >= 0.3 is 0 Å². The van der Waals surface area contributed by atoms with Crippen molar-refractivity contribution in [3.8, 4) is 0 Å². The SMILES string of the molecule is C.c1ccc(CNNCc2ccccc2)cc1. The van der Waals surface area contributed by atoms with Crippen molar-refractivity contribution in [1.29, 1.82) is 0 Å². The molecule has 0 aromatic heterocycles. The Morgan fingerprint density at radius 2 is 0.941 bits per heavy atom. The van der Waals surface area contributed by atoms with Gasteiger partial charge in [-0.2, -0.15) is 0 Å². The number of hydrogen-bond acceptors (Lipinski definition) is 2. The predicted octanol–water partition coefficient (Wildman–Crippen LogP) is 3.12. The van der Waals surface area contributed by atoms with Gasteiger partial charge in [0, 0.05) is 13.1 Å². The van der Waals surface area contributed by atoms with Crippen LogP contribution >= 0.6 is 0 Å². The number of rotatable bonds is 5. The van der Waals surface area contributed by atoms with Crippen LogP contribution in [0.5, 0.6) is 0 Å². The Balaban J connectivity index is 0.00000144. The monoisotopic (exact) mass is 228 g/mol. The maximum absolute atomic E-state index is 3.20. The normalized spacial score (nSPS) is 9.65. The molecule has 0 amide bonds. The van der Waals surface area contributed by atoms with Crippen LogP contribution in [-0.4, -0.2) is 0 Å². The van der Waals surface area contributed by atoms with Gasteiger partial charge in [-0.25, -0.2) is 0 Å². The summed E-state index contributed by atoms with van der Waals surface area (Å²) < 4.78 is 0. The van der Waals surface area contributed by atoms with E-state index in [1.807, 2.05) is 36.4 Å². The zero-order valence-electron chi connectivity index (χ0n) is 9.19. The molecule has 0 unspecified atom stereocenters. The van der Waals surface area contributed by atoms with E-state index in [2.05, 4.69) is 35.1 Å². The van der Waals surface area contributed by atoms with Gasteiger partial charge in [-0.3, -0.25) is 10.9 Å². The Hall–Kier alpha value is -1.64. The first-order chi connectivity index (χ1) is 7.95. The van der Waals surface area contributed by atoms with E-state index in [1.165, 1.54) is 11.1 Å². The van der Waals surface area contributed by atoms with Crippen molar-refractivity contribution >= 4 is 0 Å². The van der Waals surface area contributed by atoms with E-state index >= 15 is 0 Å². The van der Waals surface area contributed by atoms with Gasteiger partial charge in [0.15, 0.2) is 0 Å². The predicted molar refractivity (Wildman–Crippen MR) is 73.3 cm³/mol. The highest BCUT2D eigenvalue weighted by molar-refractivity contribution is 5.15. The Bertz CT molecular complexity index is 356. The number of hydrogen-bond donors (Lipinski definition) is 2. The van der Waals surface area contributed by atoms with Crippen LogP contribution < -0.4 is 10.9 Å². The van der Waals surface area contributed by atoms with E-state index in [0.29, 0.717) is 0 Å². The highest BCUT2D eigenvalue weighted by atomic mass is 15.3. The quantitative estimate of drug-likeness (QED) is 0.607. The van der Waals surface area contributed by atoms with Crippen LogP contribution in [0.2, 0.25) is 0 Å². The molecule has 0 heterocycles. The smallest absolute Gasteiger partial charge is 0.0351 e. The molecule has 0 atom stereocenters. The first-order valence-corrected chi connectivity index (χ1v) is 5.49. The summed E-state index contributed by atoms with van der Waals surface area (Å²) in [6, 6.07) is 20.7. The molecule has 2 N–H and O–H groups in total. The largest absolute Gasteiger partial charge is 0.253 e. The molecule has 2 nitrogen and oxygen atoms in total. The van der Waals surface area contributed by atoms with Crippen LogP contribution in [-0.2, 0) is 13.1 Å². The Morgan fingerprint density at radius 3 is 1.29 bits per heavy atom. The molecule has 0 aliphatic rings. The van der Waals surface area contributed by atoms with Gasteiger partial charge in [-0.15, -0.1) is 0 Å². The highest BCUT2D eigenvalue weighted by Gasteiger charge is 1.91. The van der Waals surface area contributed by atoms with Crippen molar-refractivity contribution in [2.45, 2.75) is 20.5 Å². The molecule has 90 valence electrons. The van der Waals surface area contributed by atoms with E-state index in [4.69, 9.17) is 0 Å². The third-order valence-corrected chi connectivity index (χ3v) is 2.40. The molecule has 0 saturated heterocycles. The second-order valence-corrected chi connectivity index (χ2v) is 3.68. The van der Waals surface area contributed by atoms with E-state index in [0.717, 1.165) is 13.1 Å². The first kappa shape index (κ1) is 13.4. The fraction of sp³-hybridized carbons (Fsp3) is 0.200. The topological polar surface area (TPSA) is 24.1 Å². The van der Waals surface area contributed by atoms with Gasteiger partial charge in [0.25, 0.3) is 0 Å². The van der Waals surface area contributed by atoms with Crippen molar-refractivity contribution in [3.63, 3.8) is 0 Å². The van der Waals surface area contributed by atoms with Crippen molar-refractivity contribution in [2.24, 2.45) is 0 Å². The second-order valence-electron chi connectivity index (χ2n) is 3.68. The summed E-state index contributed by atoms with van der Waals surface area (Å²) in [4.78, 5) is 0. The molecule has 2 aromatic carbocycles. The van der Waals surface area contributed by atoms with Crippen LogP contribution in [0.1, 0.15) is 18.6 Å².